The van der Waals surface area contributed by atoms with Crippen LogP contribution in [0.4, 0.5) is 0 Å². The minimum absolute atomic E-state index is 0.0800. The molecule has 2 unspecified atom stereocenters. The van der Waals surface area contributed by atoms with Crippen molar-refractivity contribution in [3.05, 3.63) is 11.9 Å². The van der Waals surface area contributed by atoms with E-state index in [9.17, 15) is 4.79 Å². The lowest BCUT2D eigenvalue weighted by molar-refractivity contribution is -0.133. The molecule has 2 atom stereocenters. The summed E-state index contributed by atoms with van der Waals surface area (Å²) in [5.41, 5.74) is 0.959. The van der Waals surface area contributed by atoms with Gasteiger partial charge in [-0.05, 0) is 25.2 Å². The Kier molecular flexibility index (Phi) is 3.23. The van der Waals surface area contributed by atoms with E-state index in [2.05, 4.69) is 16.5 Å². The van der Waals surface area contributed by atoms with Crippen molar-refractivity contribution in [1.82, 2.24) is 9.55 Å². The van der Waals surface area contributed by atoms with Crippen LogP contribution < -0.4 is 0 Å². The second-order valence-electron chi connectivity index (χ2n) is 4.47. The first-order chi connectivity index (χ1) is 7.56. The SMILES string of the molecule is Cc1cn(CC2CC2C)c(SCC(=O)O)n1. The summed E-state index contributed by atoms with van der Waals surface area (Å²) < 4.78 is 2.09. The third-order valence-corrected chi connectivity index (χ3v) is 3.87. The number of carboxylic acid groups (broad SMARTS) is 1. The van der Waals surface area contributed by atoms with E-state index in [-0.39, 0.29) is 5.75 Å². The second kappa shape index (κ2) is 4.49. The quantitative estimate of drug-likeness (QED) is 0.800. The van der Waals surface area contributed by atoms with E-state index in [1.54, 1.807) is 0 Å². The fourth-order valence-electron chi connectivity index (χ4n) is 1.80. The van der Waals surface area contributed by atoms with Crippen LogP contribution >= 0.6 is 11.8 Å². The molecule has 0 radical (unpaired) electrons. The molecule has 88 valence electrons. The van der Waals surface area contributed by atoms with Gasteiger partial charge in [0.1, 0.15) is 0 Å². The number of hydrogen-bond donors (Lipinski definition) is 1. The van der Waals surface area contributed by atoms with E-state index in [1.807, 2.05) is 13.1 Å². The maximum atomic E-state index is 10.5. The molecule has 0 bridgehead atoms. The van der Waals surface area contributed by atoms with E-state index >= 15 is 0 Å². The molecule has 1 heterocycles. The number of rotatable bonds is 5. The van der Waals surface area contributed by atoms with Gasteiger partial charge in [-0.3, -0.25) is 4.79 Å². The summed E-state index contributed by atoms with van der Waals surface area (Å²) in [6.45, 7) is 5.17. The number of thioether (sulfide) groups is 1. The lowest BCUT2D eigenvalue weighted by atomic mass is 10.3. The Bertz CT molecular complexity index is 403. The van der Waals surface area contributed by atoms with Crippen molar-refractivity contribution >= 4 is 17.7 Å². The van der Waals surface area contributed by atoms with Gasteiger partial charge in [-0.1, -0.05) is 18.7 Å². The number of carbonyl (C=O) groups is 1. The van der Waals surface area contributed by atoms with Crippen LogP contribution in [0.1, 0.15) is 19.0 Å². The van der Waals surface area contributed by atoms with Crippen molar-refractivity contribution < 1.29 is 9.90 Å². The van der Waals surface area contributed by atoms with E-state index in [0.717, 1.165) is 29.2 Å². The summed E-state index contributed by atoms with van der Waals surface area (Å²) in [5.74, 6) is 0.839. The summed E-state index contributed by atoms with van der Waals surface area (Å²) >= 11 is 1.30. The Hall–Kier alpha value is -0.970. The highest BCUT2D eigenvalue weighted by molar-refractivity contribution is 7.99. The minimum Gasteiger partial charge on any atom is -0.481 e. The summed E-state index contributed by atoms with van der Waals surface area (Å²) in [6, 6.07) is 0. The maximum absolute atomic E-state index is 10.5. The zero-order valence-electron chi connectivity index (χ0n) is 9.51. The fourth-order valence-corrected chi connectivity index (χ4v) is 2.56. The van der Waals surface area contributed by atoms with Gasteiger partial charge in [0.2, 0.25) is 0 Å². The molecule has 4 nitrogen and oxygen atoms in total. The Morgan fingerprint density at radius 1 is 1.75 bits per heavy atom. The van der Waals surface area contributed by atoms with Gasteiger partial charge in [0.05, 0.1) is 11.4 Å². The van der Waals surface area contributed by atoms with Crippen LogP contribution in [0.5, 0.6) is 0 Å². The third-order valence-electron chi connectivity index (χ3n) is 2.89. The van der Waals surface area contributed by atoms with Crippen LogP contribution in [0.15, 0.2) is 11.4 Å². The standard InChI is InChI=1S/C11H16N2O2S/c1-7-3-9(7)5-13-4-8(2)12-11(13)16-6-10(14)15/h4,7,9H,3,5-6H2,1-2H3,(H,14,15). The van der Waals surface area contributed by atoms with Crippen LogP contribution in [0.25, 0.3) is 0 Å². The summed E-state index contributed by atoms with van der Waals surface area (Å²) in [5, 5.41) is 9.48. The molecule has 5 heteroatoms. The van der Waals surface area contributed by atoms with Gasteiger partial charge in [0, 0.05) is 12.7 Å². The van der Waals surface area contributed by atoms with Crippen molar-refractivity contribution in [2.24, 2.45) is 11.8 Å². The number of hydrogen-bond acceptors (Lipinski definition) is 3. The molecule has 0 amide bonds. The molecule has 0 aromatic carbocycles. The molecule has 1 aliphatic carbocycles. The number of carboxylic acids is 1. The van der Waals surface area contributed by atoms with Gasteiger partial charge < -0.3 is 9.67 Å². The van der Waals surface area contributed by atoms with Crippen LogP contribution in [-0.4, -0.2) is 26.4 Å². The average Bonchev–Trinajstić information content (AvgIpc) is 2.74. The topological polar surface area (TPSA) is 55.1 Å². The maximum Gasteiger partial charge on any atom is 0.313 e. The van der Waals surface area contributed by atoms with Gasteiger partial charge in [-0.15, -0.1) is 0 Å². The summed E-state index contributed by atoms with van der Waals surface area (Å²) in [7, 11) is 0. The van der Waals surface area contributed by atoms with Crippen molar-refractivity contribution in [1.29, 1.82) is 0 Å². The molecule has 1 aromatic rings. The number of aliphatic carboxylic acids is 1. The Labute approximate surface area is 99.1 Å². The third kappa shape index (κ3) is 2.78. The van der Waals surface area contributed by atoms with Crippen LogP contribution in [0.2, 0.25) is 0 Å². The second-order valence-corrected chi connectivity index (χ2v) is 5.42. The lowest BCUT2D eigenvalue weighted by Crippen LogP contribution is -2.04. The van der Waals surface area contributed by atoms with Crippen LogP contribution in [0.3, 0.4) is 0 Å². The highest BCUT2D eigenvalue weighted by Crippen LogP contribution is 2.39. The molecular weight excluding hydrogens is 224 g/mol. The Balaban J connectivity index is 2.01. The van der Waals surface area contributed by atoms with Gasteiger partial charge in [-0.25, -0.2) is 4.98 Å². The monoisotopic (exact) mass is 240 g/mol. The zero-order valence-corrected chi connectivity index (χ0v) is 10.3. The smallest absolute Gasteiger partial charge is 0.313 e. The number of nitrogens with zero attached hydrogens (tertiary/aromatic N) is 2. The Morgan fingerprint density at radius 2 is 2.44 bits per heavy atom. The number of aryl methyl sites for hydroxylation is 1. The molecule has 16 heavy (non-hydrogen) atoms. The summed E-state index contributed by atoms with van der Waals surface area (Å²) in [4.78, 5) is 14.9. The number of imidazole rings is 1. The van der Waals surface area contributed by atoms with E-state index in [1.165, 1.54) is 18.2 Å². The van der Waals surface area contributed by atoms with E-state index < -0.39 is 5.97 Å². The molecule has 0 saturated heterocycles. The molecule has 0 spiro atoms. The fraction of sp³-hybridized carbons (Fsp3) is 0.636. The molecule has 1 fully saturated rings. The van der Waals surface area contributed by atoms with Gasteiger partial charge in [-0.2, -0.15) is 0 Å². The molecule has 1 aliphatic rings. The molecule has 2 rings (SSSR count). The first-order valence-electron chi connectivity index (χ1n) is 5.44. The van der Waals surface area contributed by atoms with Crippen molar-refractivity contribution in [2.45, 2.75) is 32.0 Å². The predicted octanol–water partition coefficient (Wildman–Crippen LogP) is 2.02. The van der Waals surface area contributed by atoms with Crippen LogP contribution in [0, 0.1) is 18.8 Å². The van der Waals surface area contributed by atoms with E-state index in [4.69, 9.17) is 5.11 Å². The summed E-state index contributed by atoms with van der Waals surface area (Å²) in [6.07, 6.45) is 3.29. The number of aromatic nitrogens is 2. The minimum atomic E-state index is -0.794. The molecule has 1 aromatic heterocycles. The molecule has 1 N–H and O–H groups in total. The molecule has 0 aliphatic heterocycles. The van der Waals surface area contributed by atoms with Gasteiger partial charge >= 0.3 is 5.97 Å². The first-order valence-corrected chi connectivity index (χ1v) is 6.43. The largest absolute Gasteiger partial charge is 0.481 e. The molecular formula is C11H16N2O2S. The predicted molar refractivity (Wildman–Crippen MR) is 62.6 cm³/mol. The van der Waals surface area contributed by atoms with Crippen molar-refractivity contribution in [3.8, 4) is 0 Å². The highest BCUT2D eigenvalue weighted by atomic mass is 32.2. The normalized spacial score (nSPS) is 23.4. The molecule has 1 saturated carbocycles. The lowest BCUT2D eigenvalue weighted by Gasteiger charge is -2.05. The van der Waals surface area contributed by atoms with Crippen molar-refractivity contribution in [2.75, 3.05) is 5.75 Å². The van der Waals surface area contributed by atoms with Crippen LogP contribution in [-0.2, 0) is 11.3 Å². The zero-order chi connectivity index (χ0) is 11.7. The Morgan fingerprint density at radius 3 is 3.00 bits per heavy atom. The average molecular weight is 240 g/mol. The first kappa shape index (κ1) is 11.5. The van der Waals surface area contributed by atoms with E-state index in [0.29, 0.717) is 0 Å². The highest BCUT2D eigenvalue weighted by Gasteiger charge is 2.33. The van der Waals surface area contributed by atoms with Crippen molar-refractivity contribution in [3.63, 3.8) is 0 Å². The van der Waals surface area contributed by atoms with Gasteiger partial charge in [0.25, 0.3) is 0 Å². The van der Waals surface area contributed by atoms with Gasteiger partial charge in [0.15, 0.2) is 5.16 Å².